The number of Topliss-reactive ketones (excluding diaryl/α,β-unsaturated/α-hetero) is 1. The molecule has 2 aromatic rings. The normalized spacial score (nSPS) is 10.2. The summed E-state index contributed by atoms with van der Waals surface area (Å²) in [7, 11) is 0. The molecule has 24 heavy (non-hydrogen) atoms. The van der Waals surface area contributed by atoms with Crippen LogP contribution in [0.15, 0.2) is 42.5 Å². The van der Waals surface area contributed by atoms with Crippen molar-refractivity contribution in [2.75, 3.05) is 6.61 Å². The summed E-state index contributed by atoms with van der Waals surface area (Å²) in [5.74, 6) is -0.190. The Bertz CT molecular complexity index is 742. The predicted octanol–water partition coefficient (Wildman–Crippen LogP) is 4.36. The van der Waals surface area contributed by atoms with E-state index >= 15 is 0 Å². The molecular formula is C18H17ClO5. The molecule has 5 nitrogen and oxygen atoms in total. The van der Waals surface area contributed by atoms with E-state index in [-0.39, 0.29) is 36.5 Å². The molecule has 0 heterocycles. The van der Waals surface area contributed by atoms with Gasteiger partial charge in [0.2, 0.25) is 0 Å². The van der Waals surface area contributed by atoms with Gasteiger partial charge in [-0.15, -0.1) is 0 Å². The highest BCUT2D eigenvalue weighted by Gasteiger charge is 2.15. The smallest absolute Gasteiger partial charge is 0.306 e. The summed E-state index contributed by atoms with van der Waals surface area (Å²) in [5, 5.41) is 10.3. The van der Waals surface area contributed by atoms with Gasteiger partial charge in [-0.1, -0.05) is 23.7 Å². The Kier molecular flexibility index (Phi) is 6.21. The van der Waals surface area contributed by atoms with E-state index in [0.29, 0.717) is 16.5 Å². The summed E-state index contributed by atoms with van der Waals surface area (Å²) in [4.78, 5) is 23.5. The van der Waals surface area contributed by atoms with E-state index in [1.807, 2.05) is 0 Å². The fourth-order valence-electron chi connectivity index (χ4n) is 2.04. The van der Waals surface area contributed by atoms with Crippen LogP contribution in [0.3, 0.4) is 0 Å². The lowest BCUT2D eigenvalue weighted by molar-refractivity contribution is -0.143. The summed E-state index contributed by atoms with van der Waals surface area (Å²) in [6.45, 7) is 1.96. The fraction of sp³-hybridized carbons (Fsp3) is 0.222. The van der Waals surface area contributed by atoms with Crippen LogP contribution < -0.4 is 4.74 Å². The van der Waals surface area contributed by atoms with Gasteiger partial charge in [0.1, 0.15) is 17.2 Å². The number of carbonyl (C=O) groups excluding carboxylic acids is 2. The summed E-state index contributed by atoms with van der Waals surface area (Å²) in [6, 6.07) is 11.2. The van der Waals surface area contributed by atoms with Gasteiger partial charge < -0.3 is 14.6 Å². The van der Waals surface area contributed by atoms with Gasteiger partial charge in [0.25, 0.3) is 0 Å². The molecule has 2 rings (SSSR count). The van der Waals surface area contributed by atoms with E-state index in [9.17, 15) is 14.7 Å². The molecule has 0 amide bonds. The lowest BCUT2D eigenvalue weighted by Crippen LogP contribution is -2.08. The first-order valence-electron chi connectivity index (χ1n) is 7.45. The van der Waals surface area contributed by atoms with Crippen molar-refractivity contribution in [3.8, 4) is 17.2 Å². The first-order valence-corrected chi connectivity index (χ1v) is 7.83. The molecule has 0 aliphatic heterocycles. The zero-order valence-electron chi connectivity index (χ0n) is 13.1. The number of halogens is 1. The van der Waals surface area contributed by atoms with Crippen molar-refractivity contribution in [3.63, 3.8) is 0 Å². The zero-order valence-corrected chi connectivity index (χ0v) is 13.9. The number of ketones is 1. The number of rotatable bonds is 7. The third-order valence-corrected chi connectivity index (χ3v) is 3.51. The van der Waals surface area contributed by atoms with Crippen LogP contribution in [0.1, 0.15) is 30.1 Å². The van der Waals surface area contributed by atoms with Gasteiger partial charge in [0.05, 0.1) is 23.6 Å². The summed E-state index contributed by atoms with van der Waals surface area (Å²) < 4.78 is 10.4. The van der Waals surface area contributed by atoms with Gasteiger partial charge >= 0.3 is 5.97 Å². The second kappa shape index (κ2) is 8.36. The number of phenols is 1. The first kappa shape index (κ1) is 17.8. The van der Waals surface area contributed by atoms with Crippen LogP contribution in [0, 0.1) is 0 Å². The minimum atomic E-state index is -0.450. The standard InChI is InChI=1S/C18H17ClO5/c1-2-23-18(22)10-9-16(21)13-11-12(7-8-15(13)20)24-17-6-4-3-5-14(17)19/h3-8,11,20H,2,9-10H2,1H3. The Morgan fingerprint density at radius 1 is 1.12 bits per heavy atom. The Morgan fingerprint density at radius 2 is 1.88 bits per heavy atom. The SMILES string of the molecule is CCOC(=O)CCC(=O)c1cc(Oc2ccccc2Cl)ccc1O. The van der Waals surface area contributed by atoms with Crippen LogP contribution in [-0.4, -0.2) is 23.5 Å². The number of ether oxygens (including phenoxy) is 2. The zero-order chi connectivity index (χ0) is 17.5. The molecule has 6 heteroatoms. The molecule has 1 N–H and O–H groups in total. The van der Waals surface area contributed by atoms with Crippen molar-refractivity contribution < 1.29 is 24.2 Å². The van der Waals surface area contributed by atoms with Gasteiger partial charge in [-0.05, 0) is 37.3 Å². The van der Waals surface area contributed by atoms with Crippen molar-refractivity contribution in [2.45, 2.75) is 19.8 Å². The number of esters is 1. The maximum absolute atomic E-state index is 12.2. The monoisotopic (exact) mass is 348 g/mol. The molecule has 0 aliphatic carbocycles. The van der Waals surface area contributed by atoms with E-state index in [1.54, 1.807) is 31.2 Å². The van der Waals surface area contributed by atoms with E-state index in [1.165, 1.54) is 18.2 Å². The summed E-state index contributed by atoms with van der Waals surface area (Å²) >= 11 is 6.03. The highest BCUT2D eigenvalue weighted by Crippen LogP contribution is 2.31. The highest BCUT2D eigenvalue weighted by molar-refractivity contribution is 6.32. The molecule has 0 aliphatic rings. The third kappa shape index (κ3) is 4.73. The van der Waals surface area contributed by atoms with Crippen molar-refractivity contribution >= 4 is 23.4 Å². The van der Waals surface area contributed by atoms with Crippen molar-refractivity contribution in [2.24, 2.45) is 0 Å². The van der Waals surface area contributed by atoms with E-state index < -0.39 is 5.97 Å². The Hall–Kier alpha value is -2.53. The minimum absolute atomic E-state index is 0.0400. The molecule has 0 fully saturated rings. The number of benzene rings is 2. The molecule has 2 aromatic carbocycles. The highest BCUT2D eigenvalue weighted by atomic mass is 35.5. The van der Waals surface area contributed by atoms with Crippen LogP contribution in [0.5, 0.6) is 17.2 Å². The van der Waals surface area contributed by atoms with E-state index in [4.69, 9.17) is 21.1 Å². The average molecular weight is 349 g/mol. The van der Waals surface area contributed by atoms with Crippen molar-refractivity contribution in [1.29, 1.82) is 0 Å². The van der Waals surface area contributed by atoms with Crippen LogP contribution in [0.4, 0.5) is 0 Å². The molecule has 0 saturated heterocycles. The third-order valence-electron chi connectivity index (χ3n) is 3.19. The molecule has 0 saturated carbocycles. The van der Waals surface area contributed by atoms with Crippen LogP contribution in [0.25, 0.3) is 0 Å². The van der Waals surface area contributed by atoms with Gasteiger partial charge in [0.15, 0.2) is 5.78 Å². The summed E-state index contributed by atoms with van der Waals surface area (Å²) in [5.41, 5.74) is 0.0869. The Morgan fingerprint density at radius 3 is 2.58 bits per heavy atom. The first-order chi connectivity index (χ1) is 11.5. The van der Waals surface area contributed by atoms with Crippen LogP contribution in [-0.2, 0) is 9.53 Å². The molecule has 0 atom stereocenters. The molecule has 0 spiro atoms. The quantitative estimate of drug-likeness (QED) is 0.594. The number of carbonyl (C=O) groups is 2. The second-order valence-corrected chi connectivity index (χ2v) is 5.35. The van der Waals surface area contributed by atoms with Gasteiger partial charge in [-0.3, -0.25) is 9.59 Å². The largest absolute Gasteiger partial charge is 0.507 e. The number of aromatic hydroxyl groups is 1. The van der Waals surface area contributed by atoms with Gasteiger partial charge in [-0.2, -0.15) is 0 Å². The topological polar surface area (TPSA) is 72.8 Å². The van der Waals surface area contributed by atoms with Crippen molar-refractivity contribution in [3.05, 3.63) is 53.1 Å². The van der Waals surface area contributed by atoms with Gasteiger partial charge in [0, 0.05) is 6.42 Å². The maximum Gasteiger partial charge on any atom is 0.306 e. The number of hydrogen-bond donors (Lipinski definition) is 1. The maximum atomic E-state index is 12.2. The summed E-state index contributed by atoms with van der Waals surface area (Å²) in [6.07, 6.45) is -0.0936. The van der Waals surface area contributed by atoms with Crippen molar-refractivity contribution in [1.82, 2.24) is 0 Å². The van der Waals surface area contributed by atoms with Crippen LogP contribution >= 0.6 is 11.6 Å². The lowest BCUT2D eigenvalue weighted by atomic mass is 10.1. The number of hydrogen-bond acceptors (Lipinski definition) is 5. The van der Waals surface area contributed by atoms with E-state index in [0.717, 1.165) is 0 Å². The van der Waals surface area contributed by atoms with Crippen LogP contribution in [0.2, 0.25) is 5.02 Å². The number of phenolic OH excluding ortho intramolecular Hbond substituents is 1. The molecule has 0 aromatic heterocycles. The van der Waals surface area contributed by atoms with E-state index in [2.05, 4.69) is 0 Å². The second-order valence-electron chi connectivity index (χ2n) is 4.94. The average Bonchev–Trinajstić information content (AvgIpc) is 2.56. The predicted molar refractivity (Wildman–Crippen MR) is 89.8 cm³/mol. The molecule has 0 radical (unpaired) electrons. The molecule has 126 valence electrons. The molecule has 0 unspecified atom stereocenters. The molecule has 0 bridgehead atoms. The molecular weight excluding hydrogens is 332 g/mol. The Balaban J connectivity index is 2.12. The lowest BCUT2D eigenvalue weighted by Gasteiger charge is -2.10. The number of para-hydroxylation sites is 1. The van der Waals surface area contributed by atoms with Gasteiger partial charge in [-0.25, -0.2) is 0 Å². The fourth-order valence-corrected chi connectivity index (χ4v) is 2.21. The Labute approximate surface area is 144 Å². The minimum Gasteiger partial charge on any atom is -0.507 e.